The number of hydrogen-bond acceptors (Lipinski definition) is 5. The van der Waals surface area contributed by atoms with Crippen molar-refractivity contribution in [1.29, 1.82) is 0 Å². The number of para-hydroxylation sites is 1. The van der Waals surface area contributed by atoms with Crippen LogP contribution in [0.2, 0.25) is 0 Å². The molecule has 3 heterocycles. The van der Waals surface area contributed by atoms with Gasteiger partial charge in [0.15, 0.2) is 0 Å². The van der Waals surface area contributed by atoms with Crippen LogP contribution in [-0.4, -0.2) is 24.1 Å². The number of rotatable bonds is 6. The molecule has 28 heavy (non-hydrogen) atoms. The number of hydrogen-bond donors (Lipinski definition) is 1. The van der Waals surface area contributed by atoms with E-state index in [0.717, 1.165) is 10.6 Å². The average molecular weight is 411 g/mol. The molecule has 1 aromatic carbocycles. The number of carbonyl (C=O) groups excluding carboxylic acids is 3. The summed E-state index contributed by atoms with van der Waals surface area (Å²) in [6.45, 7) is 0.747. The molecule has 1 unspecified atom stereocenters. The van der Waals surface area contributed by atoms with Crippen LogP contribution < -0.4 is 10.2 Å². The summed E-state index contributed by atoms with van der Waals surface area (Å²) in [5.74, 6) is -0.527. The summed E-state index contributed by atoms with van der Waals surface area (Å²) in [5, 5.41) is 6.61. The molecule has 5 nitrogen and oxygen atoms in total. The van der Waals surface area contributed by atoms with E-state index in [1.165, 1.54) is 22.7 Å². The maximum absolute atomic E-state index is 12.5. The predicted octanol–water partition coefficient (Wildman–Crippen LogP) is 3.71. The summed E-state index contributed by atoms with van der Waals surface area (Å²) in [6.07, 6.45) is 0.215. The molecule has 4 rings (SSSR count). The molecule has 0 spiro atoms. The lowest BCUT2D eigenvalue weighted by Gasteiger charge is -2.16. The van der Waals surface area contributed by atoms with Gasteiger partial charge in [0.05, 0.1) is 17.3 Å². The van der Waals surface area contributed by atoms with Crippen molar-refractivity contribution in [2.24, 2.45) is 5.92 Å². The van der Waals surface area contributed by atoms with E-state index in [9.17, 15) is 14.4 Å². The van der Waals surface area contributed by atoms with Crippen molar-refractivity contribution in [1.82, 2.24) is 5.32 Å². The van der Waals surface area contributed by atoms with Crippen LogP contribution in [0, 0.1) is 5.92 Å². The topological polar surface area (TPSA) is 66.5 Å². The Kier molecular flexibility index (Phi) is 5.36. The molecule has 1 fully saturated rings. The Balaban J connectivity index is 1.34. The minimum Gasteiger partial charge on any atom is -0.351 e. The van der Waals surface area contributed by atoms with E-state index >= 15 is 0 Å². The van der Waals surface area contributed by atoms with Gasteiger partial charge in [-0.05, 0) is 35.7 Å². The number of ketones is 1. The van der Waals surface area contributed by atoms with Crippen LogP contribution in [0.1, 0.15) is 26.5 Å². The molecule has 1 aliphatic rings. The molecule has 1 atom stereocenters. The number of amides is 2. The largest absolute Gasteiger partial charge is 0.351 e. The second-order valence-corrected chi connectivity index (χ2v) is 8.51. The highest BCUT2D eigenvalue weighted by Crippen LogP contribution is 2.25. The fourth-order valence-corrected chi connectivity index (χ4v) is 4.74. The molecule has 1 aliphatic heterocycles. The molecule has 2 aromatic heterocycles. The molecule has 0 saturated carbocycles. The van der Waals surface area contributed by atoms with Crippen molar-refractivity contribution in [2.75, 3.05) is 11.4 Å². The Morgan fingerprint density at radius 3 is 2.68 bits per heavy atom. The number of thiophene rings is 2. The third-order valence-electron chi connectivity index (χ3n) is 4.67. The Bertz CT molecular complexity index is 996. The number of benzene rings is 1. The highest BCUT2D eigenvalue weighted by molar-refractivity contribution is 7.14. The molecule has 2 amide bonds. The molecular formula is C21H18N2O3S2. The van der Waals surface area contributed by atoms with E-state index < -0.39 is 0 Å². The van der Waals surface area contributed by atoms with E-state index in [0.29, 0.717) is 23.5 Å². The van der Waals surface area contributed by atoms with Crippen LogP contribution in [0.25, 0.3) is 0 Å². The fourth-order valence-electron chi connectivity index (χ4n) is 3.19. The van der Waals surface area contributed by atoms with Crippen molar-refractivity contribution < 1.29 is 14.4 Å². The molecule has 1 N–H and O–H groups in total. The van der Waals surface area contributed by atoms with E-state index in [4.69, 9.17) is 0 Å². The SMILES string of the molecule is O=C(c1ccsc1)c1ccc(CNC(=O)C2CC(=O)N(c3ccccc3)C2)s1. The van der Waals surface area contributed by atoms with Gasteiger partial charge in [0.25, 0.3) is 0 Å². The Hall–Kier alpha value is -2.77. The third kappa shape index (κ3) is 3.90. The maximum Gasteiger partial charge on any atom is 0.227 e. The molecule has 142 valence electrons. The first-order valence-electron chi connectivity index (χ1n) is 8.90. The van der Waals surface area contributed by atoms with Crippen LogP contribution in [0.5, 0.6) is 0 Å². The zero-order valence-electron chi connectivity index (χ0n) is 15.0. The molecular weight excluding hydrogens is 392 g/mol. The van der Waals surface area contributed by atoms with Crippen LogP contribution in [0.4, 0.5) is 5.69 Å². The summed E-state index contributed by atoms with van der Waals surface area (Å²) < 4.78 is 0. The van der Waals surface area contributed by atoms with Crippen LogP contribution in [0.3, 0.4) is 0 Å². The molecule has 0 aliphatic carbocycles. The number of carbonyl (C=O) groups is 3. The van der Waals surface area contributed by atoms with E-state index in [-0.39, 0.29) is 29.9 Å². The zero-order chi connectivity index (χ0) is 19.5. The molecule has 0 radical (unpaired) electrons. The van der Waals surface area contributed by atoms with E-state index in [1.54, 1.807) is 11.0 Å². The van der Waals surface area contributed by atoms with Crippen molar-refractivity contribution in [3.8, 4) is 0 Å². The molecule has 1 saturated heterocycles. The second kappa shape index (κ2) is 8.08. The van der Waals surface area contributed by atoms with Gasteiger partial charge < -0.3 is 10.2 Å². The van der Waals surface area contributed by atoms with Crippen LogP contribution in [0.15, 0.2) is 59.3 Å². The number of nitrogens with zero attached hydrogens (tertiary/aromatic N) is 1. The van der Waals surface area contributed by atoms with Gasteiger partial charge in [-0.15, -0.1) is 11.3 Å². The van der Waals surface area contributed by atoms with Gasteiger partial charge in [0.1, 0.15) is 0 Å². The van der Waals surface area contributed by atoms with Gasteiger partial charge in [-0.2, -0.15) is 11.3 Å². The monoisotopic (exact) mass is 410 g/mol. The lowest BCUT2D eigenvalue weighted by Crippen LogP contribution is -2.32. The van der Waals surface area contributed by atoms with Crippen molar-refractivity contribution >= 4 is 46.0 Å². The first kappa shape index (κ1) is 18.6. The molecule has 0 bridgehead atoms. The van der Waals surface area contributed by atoms with Crippen LogP contribution >= 0.6 is 22.7 Å². The zero-order valence-corrected chi connectivity index (χ0v) is 16.6. The third-order valence-corrected chi connectivity index (χ3v) is 6.44. The average Bonchev–Trinajstić information content (AvgIpc) is 3.47. The molecule has 7 heteroatoms. The van der Waals surface area contributed by atoms with Gasteiger partial charge in [0.2, 0.25) is 17.6 Å². The summed E-state index contributed by atoms with van der Waals surface area (Å²) in [7, 11) is 0. The van der Waals surface area contributed by atoms with Crippen molar-refractivity contribution in [3.05, 3.63) is 74.6 Å². The standard InChI is InChI=1S/C21H18N2O3S2/c24-19-10-15(12-23(19)16-4-2-1-3-5-16)21(26)22-11-17-6-7-18(28-17)20(25)14-8-9-27-13-14/h1-9,13,15H,10-12H2,(H,22,26). The Morgan fingerprint density at radius 2 is 1.93 bits per heavy atom. The highest BCUT2D eigenvalue weighted by atomic mass is 32.1. The summed E-state index contributed by atoms with van der Waals surface area (Å²) >= 11 is 2.88. The minimum atomic E-state index is -0.362. The minimum absolute atomic E-state index is 0.00344. The van der Waals surface area contributed by atoms with E-state index in [1.807, 2.05) is 53.2 Å². The van der Waals surface area contributed by atoms with E-state index in [2.05, 4.69) is 5.32 Å². The normalized spacial score (nSPS) is 16.4. The van der Waals surface area contributed by atoms with Gasteiger partial charge in [-0.25, -0.2) is 0 Å². The smallest absolute Gasteiger partial charge is 0.227 e. The van der Waals surface area contributed by atoms with Gasteiger partial charge in [-0.1, -0.05) is 18.2 Å². The Labute approximate surface area is 170 Å². The van der Waals surface area contributed by atoms with Gasteiger partial charge in [-0.3, -0.25) is 14.4 Å². The number of anilines is 1. The summed E-state index contributed by atoms with van der Waals surface area (Å²) in [5.41, 5.74) is 1.51. The van der Waals surface area contributed by atoms with Crippen molar-refractivity contribution in [3.63, 3.8) is 0 Å². The first-order valence-corrected chi connectivity index (χ1v) is 10.7. The summed E-state index contributed by atoms with van der Waals surface area (Å²) in [6, 6.07) is 14.9. The lowest BCUT2D eigenvalue weighted by atomic mass is 10.1. The van der Waals surface area contributed by atoms with Gasteiger partial charge in [0, 0.05) is 34.5 Å². The number of nitrogens with one attached hydrogen (secondary N) is 1. The summed E-state index contributed by atoms with van der Waals surface area (Å²) in [4.78, 5) is 40.4. The first-order chi connectivity index (χ1) is 13.6. The quantitative estimate of drug-likeness (QED) is 0.630. The van der Waals surface area contributed by atoms with Gasteiger partial charge >= 0.3 is 0 Å². The maximum atomic E-state index is 12.5. The van der Waals surface area contributed by atoms with Crippen LogP contribution in [-0.2, 0) is 16.1 Å². The van der Waals surface area contributed by atoms with Crippen molar-refractivity contribution in [2.45, 2.75) is 13.0 Å². The highest BCUT2D eigenvalue weighted by Gasteiger charge is 2.34. The fraction of sp³-hybridized carbons (Fsp3) is 0.190. The second-order valence-electron chi connectivity index (χ2n) is 6.57. The Morgan fingerprint density at radius 1 is 1.11 bits per heavy atom. The molecule has 3 aromatic rings. The predicted molar refractivity (Wildman–Crippen MR) is 111 cm³/mol. The lowest BCUT2D eigenvalue weighted by molar-refractivity contribution is -0.126.